The Kier molecular flexibility index (Phi) is 16.4. The van der Waals surface area contributed by atoms with E-state index in [2.05, 4.69) is 0 Å². The average Bonchev–Trinajstić information content (AvgIpc) is 3.06. The molecule has 0 heterocycles. The minimum absolute atomic E-state index is 0. The van der Waals surface area contributed by atoms with Crippen LogP contribution in [0.4, 0.5) is 0 Å². The molecule has 1 N–H and O–H groups in total. The summed E-state index contributed by atoms with van der Waals surface area (Å²) in [6.45, 7) is 0.621. The van der Waals surface area contributed by atoms with Crippen molar-refractivity contribution in [3.63, 3.8) is 0 Å². The number of aliphatic hydroxyl groups is 1. The van der Waals surface area contributed by atoms with E-state index in [4.69, 9.17) is 33.2 Å². The van der Waals surface area contributed by atoms with Gasteiger partial charge < -0.3 is 42.8 Å². The Hall–Kier alpha value is -2.23. The smallest absolute Gasteiger partial charge is 0.748 e. The largest absolute Gasteiger partial charge is 1.00 e. The summed E-state index contributed by atoms with van der Waals surface area (Å²) in [6, 6.07) is 22.2. The quantitative estimate of drug-likeness (QED) is 0.117. The zero-order valence-corrected chi connectivity index (χ0v) is 30.2. The van der Waals surface area contributed by atoms with Gasteiger partial charge in [0.1, 0.15) is 29.5 Å². The van der Waals surface area contributed by atoms with Gasteiger partial charge >= 0.3 is 29.6 Å². The van der Waals surface area contributed by atoms with E-state index in [0.717, 1.165) is 16.7 Å². The molecule has 0 aromatic heterocycles. The Balaban J connectivity index is 0.00000600. The van der Waals surface area contributed by atoms with Crippen molar-refractivity contribution >= 4 is 10.1 Å². The van der Waals surface area contributed by atoms with Gasteiger partial charge in [-0.2, -0.15) is 0 Å². The van der Waals surface area contributed by atoms with Crippen molar-refractivity contribution in [3.8, 4) is 17.2 Å². The normalized spacial score (nSPS) is 21.1. The maximum atomic E-state index is 12.2. The number of methoxy groups -OCH3 is 3. The Bertz CT molecular complexity index is 1420. The van der Waals surface area contributed by atoms with Crippen LogP contribution in [0.15, 0.2) is 72.8 Å². The van der Waals surface area contributed by atoms with Crippen molar-refractivity contribution in [2.45, 2.75) is 57.1 Å². The fraction of sp³-hybridized carbons (Fsp3) is 0.471. The molecule has 4 rings (SSSR count). The molecule has 0 bridgehead atoms. The fourth-order valence-corrected chi connectivity index (χ4v) is 6.34. The molecule has 3 aromatic rings. The van der Waals surface area contributed by atoms with Crippen molar-refractivity contribution < 1.29 is 80.8 Å². The molecule has 11 nitrogen and oxygen atoms in total. The van der Waals surface area contributed by atoms with E-state index in [1.807, 2.05) is 72.8 Å². The van der Waals surface area contributed by atoms with Crippen LogP contribution in [-0.2, 0) is 48.9 Å². The summed E-state index contributed by atoms with van der Waals surface area (Å²) in [6.07, 6.45) is -2.44. The van der Waals surface area contributed by atoms with Gasteiger partial charge in [0, 0.05) is 24.9 Å². The molecule has 0 radical (unpaired) electrons. The molecular formula is C34H43NaO11S. The van der Waals surface area contributed by atoms with Crippen LogP contribution in [0.25, 0.3) is 0 Å². The predicted molar refractivity (Wildman–Crippen MR) is 169 cm³/mol. The maximum Gasteiger partial charge on any atom is 1.00 e. The van der Waals surface area contributed by atoms with Crippen molar-refractivity contribution in [2.24, 2.45) is 5.92 Å². The topological polar surface area (TPSA) is 142 Å². The molecular weight excluding hydrogens is 639 g/mol. The third-order valence-electron chi connectivity index (χ3n) is 7.87. The molecule has 1 aliphatic carbocycles. The average molecular weight is 683 g/mol. The Morgan fingerprint density at radius 2 is 1.06 bits per heavy atom. The van der Waals surface area contributed by atoms with E-state index in [0.29, 0.717) is 23.7 Å². The number of hydrogen-bond acceptors (Lipinski definition) is 11. The van der Waals surface area contributed by atoms with E-state index >= 15 is 0 Å². The van der Waals surface area contributed by atoms with Crippen LogP contribution in [0.2, 0.25) is 0 Å². The summed E-state index contributed by atoms with van der Waals surface area (Å²) in [7, 11) is 0.124. The van der Waals surface area contributed by atoms with Crippen LogP contribution >= 0.6 is 0 Å². The Morgan fingerprint density at radius 1 is 0.660 bits per heavy atom. The zero-order valence-electron chi connectivity index (χ0n) is 27.4. The van der Waals surface area contributed by atoms with E-state index < -0.39 is 46.2 Å². The summed E-state index contributed by atoms with van der Waals surface area (Å²) in [5, 5.41) is 9.41. The first kappa shape index (κ1) is 39.2. The molecule has 1 fully saturated rings. The van der Waals surface area contributed by atoms with Gasteiger partial charge in [0.15, 0.2) is 0 Å². The second-order valence-corrected chi connectivity index (χ2v) is 12.5. The van der Waals surface area contributed by atoms with Crippen LogP contribution < -0.4 is 43.8 Å². The molecule has 47 heavy (non-hydrogen) atoms. The van der Waals surface area contributed by atoms with Gasteiger partial charge in [0.2, 0.25) is 0 Å². The van der Waals surface area contributed by atoms with Crippen molar-refractivity contribution in [1.82, 2.24) is 0 Å². The summed E-state index contributed by atoms with van der Waals surface area (Å²) in [5.41, 5.74) is 2.55. The van der Waals surface area contributed by atoms with Crippen LogP contribution in [0.3, 0.4) is 0 Å². The molecule has 0 spiro atoms. The molecule has 0 unspecified atom stereocenters. The Labute approximate surface area is 299 Å². The third kappa shape index (κ3) is 12.3. The molecule has 252 valence electrons. The summed E-state index contributed by atoms with van der Waals surface area (Å²) in [4.78, 5) is 0. The van der Waals surface area contributed by atoms with Gasteiger partial charge in [0.05, 0.1) is 63.5 Å². The minimum Gasteiger partial charge on any atom is -0.748 e. The van der Waals surface area contributed by atoms with Crippen LogP contribution in [-0.4, -0.2) is 82.8 Å². The number of benzene rings is 3. The van der Waals surface area contributed by atoms with Crippen molar-refractivity contribution in [2.75, 3.05) is 40.3 Å². The molecule has 3 aromatic carbocycles. The first-order valence-corrected chi connectivity index (χ1v) is 16.7. The van der Waals surface area contributed by atoms with Gasteiger partial charge in [-0.3, -0.25) is 0 Å². The molecule has 0 saturated heterocycles. The standard InChI is InChI=1S/C34H44O11S.Na/c1-39-28-11-5-24(6-12-28)20-43-32-27(23-46(36,37)38)19-31(42-18-4-17-35)33(44-21-25-7-13-29(40-2)14-8-25)34(32)45-22-26-9-15-30(41-3)16-10-26;/h5-16,27,31-35H,4,17-23H2,1-3H3,(H,36,37,38);/q;+1/p-1/t27-,31-,32-,33+,34+;/m1./s1. The summed E-state index contributed by atoms with van der Waals surface area (Å²) >= 11 is 0. The van der Waals surface area contributed by atoms with Gasteiger partial charge in [0.25, 0.3) is 0 Å². The fourth-order valence-electron chi connectivity index (χ4n) is 5.49. The maximum absolute atomic E-state index is 12.2. The van der Waals surface area contributed by atoms with Crippen LogP contribution in [0.1, 0.15) is 29.5 Å². The minimum atomic E-state index is -4.64. The third-order valence-corrected chi connectivity index (χ3v) is 8.71. The van der Waals surface area contributed by atoms with E-state index in [-0.39, 0.29) is 69.0 Å². The van der Waals surface area contributed by atoms with E-state index in [9.17, 15) is 18.1 Å². The van der Waals surface area contributed by atoms with Gasteiger partial charge in [-0.15, -0.1) is 0 Å². The van der Waals surface area contributed by atoms with Gasteiger partial charge in [-0.25, -0.2) is 8.42 Å². The molecule has 13 heteroatoms. The van der Waals surface area contributed by atoms with Crippen molar-refractivity contribution in [1.29, 1.82) is 0 Å². The van der Waals surface area contributed by atoms with Crippen molar-refractivity contribution in [3.05, 3.63) is 89.5 Å². The van der Waals surface area contributed by atoms with Gasteiger partial charge in [-0.05, 0) is 65.9 Å². The number of aliphatic hydroxyl groups excluding tert-OH is 1. The first-order chi connectivity index (χ1) is 22.2. The molecule has 1 saturated carbocycles. The van der Waals surface area contributed by atoms with E-state index in [1.165, 1.54) is 0 Å². The van der Waals surface area contributed by atoms with E-state index in [1.54, 1.807) is 21.3 Å². The number of ether oxygens (including phenoxy) is 7. The molecule has 0 aliphatic heterocycles. The van der Waals surface area contributed by atoms with Crippen LogP contribution in [0, 0.1) is 5.92 Å². The monoisotopic (exact) mass is 682 g/mol. The number of hydrogen-bond donors (Lipinski definition) is 1. The second kappa shape index (κ2) is 19.7. The first-order valence-electron chi connectivity index (χ1n) is 15.1. The molecule has 5 atom stereocenters. The zero-order chi connectivity index (χ0) is 32.9. The SMILES string of the molecule is COc1ccc(CO[C@H]2[C@H](OCc3ccc(OC)cc3)[C@@H](CS(=O)(=O)[O-])C[C@@H](OCCCO)[C@@H]2OCc2ccc(OC)cc2)cc1.[Na+]. The predicted octanol–water partition coefficient (Wildman–Crippen LogP) is 1.11. The summed E-state index contributed by atoms with van der Waals surface area (Å²) < 4.78 is 78.0. The van der Waals surface area contributed by atoms with Crippen LogP contribution in [0.5, 0.6) is 17.2 Å². The Morgan fingerprint density at radius 3 is 1.45 bits per heavy atom. The molecule has 1 aliphatic rings. The molecule has 0 amide bonds. The summed E-state index contributed by atoms with van der Waals surface area (Å²) in [5.74, 6) is 0.684. The van der Waals surface area contributed by atoms with Gasteiger partial charge in [-0.1, -0.05) is 36.4 Å². The second-order valence-electron chi connectivity index (χ2n) is 11.1. The number of rotatable bonds is 18.